The smallest absolute Gasteiger partial charge is 0.326 e. The molecule has 1 saturated heterocycles. The summed E-state index contributed by atoms with van der Waals surface area (Å²) in [5, 5.41) is 0. The van der Waals surface area contributed by atoms with Gasteiger partial charge in [0.15, 0.2) is 0 Å². The number of fused-ring (bicyclic) bond motifs is 1. The molecule has 2 N–H and O–H groups in total. The third kappa shape index (κ3) is 3.38. The Morgan fingerprint density at radius 2 is 1.70 bits per heavy atom. The van der Waals surface area contributed by atoms with Crippen molar-refractivity contribution in [2.75, 3.05) is 26.2 Å². The fourth-order valence-corrected chi connectivity index (χ4v) is 3.49. The monoisotopic (exact) mass is 367 g/mol. The number of aromatic nitrogens is 3. The first-order valence-corrected chi connectivity index (χ1v) is 9.01. The first kappa shape index (κ1) is 17.1. The lowest BCUT2D eigenvalue weighted by Gasteiger charge is -2.34. The molecule has 2 amide bonds. The Morgan fingerprint density at radius 3 is 2.44 bits per heavy atom. The summed E-state index contributed by atoms with van der Waals surface area (Å²) in [7, 11) is 0. The van der Waals surface area contributed by atoms with Gasteiger partial charge in [-0.1, -0.05) is 12.1 Å². The maximum atomic E-state index is 12.5. The quantitative estimate of drug-likeness (QED) is 0.721. The molecule has 0 atom stereocenters. The number of para-hydroxylation sites is 2. The second kappa shape index (κ2) is 7.14. The number of benzene rings is 1. The molecule has 0 spiro atoms. The Labute approximate surface area is 155 Å². The SMILES string of the molecule is O=C(CCn1c(=O)[nH]c2ccccc21)N1CCN(C(=O)c2ccc[nH]2)CC1. The van der Waals surface area contributed by atoms with E-state index in [1.54, 1.807) is 32.7 Å². The van der Waals surface area contributed by atoms with Gasteiger partial charge in [0.1, 0.15) is 5.69 Å². The number of piperazine rings is 1. The van der Waals surface area contributed by atoms with Crippen LogP contribution in [0.15, 0.2) is 47.4 Å². The second-order valence-corrected chi connectivity index (χ2v) is 6.61. The van der Waals surface area contributed by atoms with Crippen LogP contribution in [0, 0.1) is 0 Å². The summed E-state index contributed by atoms with van der Waals surface area (Å²) in [6.07, 6.45) is 1.98. The highest BCUT2D eigenvalue weighted by Crippen LogP contribution is 2.11. The number of carbonyl (C=O) groups is 2. The van der Waals surface area contributed by atoms with E-state index in [1.165, 1.54) is 0 Å². The summed E-state index contributed by atoms with van der Waals surface area (Å²) in [5.74, 6) is -0.0448. The summed E-state index contributed by atoms with van der Waals surface area (Å²) < 4.78 is 1.60. The van der Waals surface area contributed by atoms with E-state index < -0.39 is 0 Å². The Balaban J connectivity index is 1.34. The molecular weight excluding hydrogens is 346 g/mol. The highest BCUT2D eigenvalue weighted by Gasteiger charge is 2.25. The predicted octanol–water partition coefficient (Wildman–Crippen LogP) is 1.03. The van der Waals surface area contributed by atoms with Gasteiger partial charge in [0.05, 0.1) is 11.0 Å². The molecule has 8 nitrogen and oxygen atoms in total. The standard InChI is InChI=1S/C19H21N5O3/c25-17(7-9-24-16-6-2-1-4-14(16)21-19(24)27)22-10-12-23(13-11-22)18(26)15-5-3-8-20-15/h1-6,8,20H,7,9-13H2,(H,21,27). The van der Waals surface area contributed by atoms with E-state index in [1.807, 2.05) is 24.3 Å². The lowest BCUT2D eigenvalue weighted by molar-refractivity contribution is -0.132. The van der Waals surface area contributed by atoms with Crippen molar-refractivity contribution in [3.63, 3.8) is 0 Å². The van der Waals surface area contributed by atoms with Crippen molar-refractivity contribution >= 4 is 22.8 Å². The number of H-pyrrole nitrogens is 2. The van der Waals surface area contributed by atoms with Crippen molar-refractivity contribution in [3.05, 3.63) is 58.8 Å². The molecule has 1 aliphatic rings. The highest BCUT2D eigenvalue weighted by atomic mass is 16.2. The zero-order valence-corrected chi connectivity index (χ0v) is 14.9. The van der Waals surface area contributed by atoms with Gasteiger partial charge in [-0.15, -0.1) is 0 Å². The first-order chi connectivity index (χ1) is 13.1. The molecular formula is C19H21N5O3. The fourth-order valence-electron chi connectivity index (χ4n) is 3.49. The van der Waals surface area contributed by atoms with E-state index in [0.717, 1.165) is 11.0 Å². The van der Waals surface area contributed by atoms with Crippen LogP contribution in [0.3, 0.4) is 0 Å². The molecule has 0 aliphatic carbocycles. The van der Waals surface area contributed by atoms with Gasteiger partial charge < -0.3 is 19.8 Å². The maximum Gasteiger partial charge on any atom is 0.326 e. The van der Waals surface area contributed by atoms with Crippen LogP contribution in [0.5, 0.6) is 0 Å². The van der Waals surface area contributed by atoms with Crippen LogP contribution in [0.1, 0.15) is 16.9 Å². The summed E-state index contributed by atoms with van der Waals surface area (Å²) >= 11 is 0. The Hall–Kier alpha value is -3.29. The third-order valence-electron chi connectivity index (χ3n) is 4.98. The second-order valence-electron chi connectivity index (χ2n) is 6.61. The van der Waals surface area contributed by atoms with Gasteiger partial charge in [-0.2, -0.15) is 0 Å². The number of rotatable bonds is 4. The van der Waals surface area contributed by atoms with Crippen LogP contribution in [0.2, 0.25) is 0 Å². The van der Waals surface area contributed by atoms with E-state index in [0.29, 0.717) is 38.4 Å². The van der Waals surface area contributed by atoms with Crippen LogP contribution in [-0.2, 0) is 11.3 Å². The number of hydrogen-bond donors (Lipinski definition) is 2. The van der Waals surface area contributed by atoms with Crippen molar-refractivity contribution in [1.29, 1.82) is 0 Å². The molecule has 8 heteroatoms. The van der Waals surface area contributed by atoms with E-state index in [9.17, 15) is 14.4 Å². The number of carbonyl (C=O) groups excluding carboxylic acids is 2. The van der Waals surface area contributed by atoms with Gasteiger partial charge in [0.2, 0.25) is 5.91 Å². The number of aryl methyl sites for hydroxylation is 1. The summed E-state index contributed by atoms with van der Waals surface area (Å²) in [6.45, 7) is 2.37. The normalized spacial score (nSPS) is 14.7. The van der Waals surface area contributed by atoms with Crippen molar-refractivity contribution in [3.8, 4) is 0 Å². The molecule has 1 aliphatic heterocycles. The van der Waals surface area contributed by atoms with Crippen LogP contribution < -0.4 is 5.69 Å². The summed E-state index contributed by atoms with van der Waals surface area (Å²) in [6, 6.07) is 11.0. The van der Waals surface area contributed by atoms with Gasteiger partial charge in [0.25, 0.3) is 5.91 Å². The molecule has 2 aromatic heterocycles. The topological polar surface area (TPSA) is 94.2 Å². The highest BCUT2D eigenvalue weighted by molar-refractivity contribution is 5.92. The zero-order valence-electron chi connectivity index (χ0n) is 14.9. The van der Waals surface area contributed by atoms with Gasteiger partial charge in [-0.05, 0) is 24.3 Å². The fraction of sp³-hybridized carbons (Fsp3) is 0.316. The molecule has 0 bridgehead atoms. The average Bonchev–Trinajstić information content (AvgIpc) is 3.33. The molecule has 4 rings (SSSR count). The zero-order chi connectivity index (χ0) is 18.8. The van der Waals surface area contributed by atoms with Crippen molar-refractivity contribution in [2.24, 2.45) is 0 Å². The predicted molar refractivity (Wildman–Crippen MR) is 100 cm³/mol. The van der Waals surface area contributed by atoms with Crippen LogP contribution in [-0.4, -0.2) is 62.3 Å². The summed E-state index contributed by atoms with van der Waals surface area (Å²) in [4.78, 5) is 46.2. The van der Waals surface area contributed by atoms with Crippen molar-refractivity contribution in [2.45, 2.75) is 13.0 Å². The molecule has 3 heterocycles. The summed E-state index contributed by atoms with van der Waals surface area (Å²) in [5.41, 5.74) is 1.93. The number of nitrogens with one attached hydrogen (secondary N) is 2. The molecule has 3 aromatic rings. The molecule has 0 unspecified atom stereocenters. The van der Waals surface area contributed by atoms with Gasteiger partial charge in [-0.25, -0.2) is 4.79 Å². The minimum Gasteiger partial charge on any atom is -0.357 e. The van der Waals surface area contributed by atoms with Gasteiger partial charge in [-0.3, -0.25) is 14.2 Å². The average molecular weight is 367 g/mol. The number of imidazole rings is 1. The van der Waals surface area contributed by atoms with Crippen LogP contribution >= 0.6 is 0 Å². The molecule has 140 valence electrons. The van der Waals surface area contributed by atoms with Crippen molar-refractivity contribution < 1.29 is 9.59 Å². The minimum absolute atomic E-state index is 0.000784. The van der Waals surface area contributed by atoms with Crippen LogP contribution in [0.25, 0.3) is 11.0 Å². The van der Waals surface area contributed by atoms with Crippen molar-refractivity contribution in [1.82, 2.24) is 24.3 Å². The van der Waals surface area contributed by atoms with E-state index in [4.69, 9.17) is 0 Å². The molecule has 27 heavy (non-hydrogen) atoms. The lowest BCUT2D eigenvalue weighted by Crippen LogP contribution is -2.50. The molecule has 1 aromatic carbocycles. The number of amides is 2. The van der Waals surface area contributed by atoms with Gasteiger partial charge in [0, 0.05) is 45.3 Å². The largest absolute Gasteiger partial charge is 0.357 e. The Kier molecular flexibility index (Phi) is 4.53. The Morgan fingerprint density at radius 1 is 0.963 bits per heavy atom. The van der Waals surface area contributed by atoms with Gasteiger partial charge >= 0.3 is 5.69 Å². The lowest BCUT2D eigenvalue weighted by atomic mass is 10.2. The van der Waals surface area contributed by atoms with E-state index in [-0.39, 0.29) is 23.9 Å². The number of aromatic amines is 2. The Bertz CT molecular complexity index is 1010. The number of hydrogen-bond acceptors (Lipinski definition) is 3. The molecule has 0 saturated carbocycles. The van der Waals surface area contributed by atoms with E-state index >= 15 is 0 Å². The van der Waals surface area contributed by atoms with E-state index in [2.05, 4.69) is 9.97 Å². The van der Waals surface area contributed by atoms with Crippen LogP contribution in [0.4, 0.5) is 0 Å². The minimum atomic E-state index is -0.203. The number of nitrogens with zero attached hydrogens (tertiary/aromatic N) is 3. The molecule has 1 fully saturated rings. The first-order valence-electron chi connectivity index (χ1n) is 9.01. The maximum absolute atomic E-state index is 12.5. The molecule has 0 radical (unpaired) electrons. The third-order valence-corrected chi connectivity index (χ3v) is 4.98.